The maximum absolute atomic E-state index is 5.91. The zero-order valence-electron chi connectivity index (χ0n) is 8.22. The highest BCUT2D eigenvalue weighted by Gasteiger charge is 2.48. The molecular weight excluding hydrogens is 168 g/mol. The first-order valence-corrected chi connectivity index (χ1v) is 7.83. The van der Waals surface area contributed by atoms with Gasteiger partial charge in [0, 0.05) is 12.8 Å². The van der Waals surface area contributed by atoms with E-state index in [0.29, 0.717) is 6.61 Å². The summed E-state index contributed by atoms with van der Waals surface area (Å²) in [7, 11) is -1.44. The Hall–Kier alpha value is -0.123. The topological polar surface area (TPSA) is 18.5 Å². The van der Waals surface area contributed by atoms with E-state index in [0.717, 1.165) is 12.8 Å². The van der Waals surface area contributed by atoms with Crippen molar-refractivity contribution < 1.29 is 9.16 Å². The average molecular weight is 186 g/mol. The third-order valence-electron chi connectivity index (χ3n) is 1.61. The van der Waals surface area contributed by atoms with E-state index in [1.165, 1.54) is 0 Å². The summed E-state index contributed by atoms with van der Waals surface area (Å²) in [4.78, 5) is 0. The van der Waals surface area contributed by atoms with Crippen LogP contribution in [0.25, 0.3) is 0 Å². The molecular formula is C9H18O2Si. The largest absolute Gasteiger partial charge is 0.391 e. The lowest BCUT2D eigenvalue weighted by Crippen LogP contribution is -2.35. The Labute approximate surface area is 75.7 Å². The molecule has 12 heavy (non-hydrogen) atoms. The van der Waals surface area contributed by atoms with E-state index in [4.69, 9.17) is 9.16 Å². The summed E-state index contributed by atoms with van der Waals surface area (Å²) >= 11 is 0. The molecule has 0 N–H and O–H groups in total. The quantitative estimate of drug-likeness (QED) is 0.373. The van der Waals surface area contributed by atoms with Crippen LogP contribution in [0.4, 0.5) is 0 Å². The van der Waals surface area contributed by atoms with Crippen LogP contribution < -0.4 is 0 Å². The number of rotatable bonds is 5. The van der Waals surface area contributed by atoms with Crippen LogP contribution in [0.2, 0.25) is 19.6 Å². The number of hydrogen-bond acceptors (Lipinski definition) is 2. The summed E-state index contributed by atoms with van der Waals surface area (Å²) in [5.74, 6) is -0.224. The second-order valence-corrected chi connectivity index (χ2v) is 8.65. The van der Waals surface area contributed by atoms with Gasteiger partial charge in [0.1, 0.15) is 0 Å². The zero-order valence-corrected chi connectivity index (χ0v) is 9.22. The Kier molecular flexibility index (Phi) is 2.76. The predicted octanol–water partition coefficient (Wildman–Crippen LogP) is 2.53. The Balaban J connectivity index is 2.34. The first kappa shape index (κ1) is 9.96. The van der Waals surface area contributed by atoms with Crippen LogP contribution in [-0.2, 0) is 9.16 Å². The molecule has 1 fully saturated rings. The molecule has 0 spiro atoms. The Morgan fingerprint density at radius 1 is 1.42 bits per heavy atom. The van der Waals surface area contributed by atoms with Crippen molar-refractivity contribution in [1.29, 1.82) is 0 Å². The molecule has 2 nitrogen and oxygen atoms in total. The van der Waals surface area contributed by atoms with Gasteiger partial charge in [-0.15, -0.1) is 6.58 Å². The summed E-state index contributed by atoms with van der Waals surface area (Å²) < 4.78 is 11.5. The van der Waals surface area contributed by atoms with Gasteiger partial charge in [0.25, 0.3) is 0 Å². The van der Waals surface area contributed by atoms with E-state index in [1.807, 2.05) is 0 Å². The van der Waals surface area contributed by atoms with Crippen LogP contribution in [-0.4, -0.2) is 20.7 Å². The van der Waals surface area contributed by atoms with Gasteiger partial charge in [0.15, 0.2) is 14.1 Å². The van der Waals surface area contributed by atoms with Crippen molar-refractivity contribution in [3.05, 3.63) is 12.7 Å². The van der Waals surface area contributed by atoms with Gasteiger partial charge >= 0.3 is 0 Å². The van der Waals surface area contributed by atoms with E-state index in [1.54, 1.807) is 6.08 Å². The first-order chi connectivity index (χ1) is 5.47. The Morgan fingerprint density at radius 3 is 2.33 bits per heavy atom. The highest BCUT2D eigenvalue weighted by Crippen LogP contribution is 2.42. The molecule has 0 atom stereocenters. The second-order valence-electron chi connectivity index (χ2n) is 4.22. The molecule has 0 bridgehead atoms. The number of hydrogen-bond donors (Lipinski definition) is 0. The van der Waals surface area contributed by atoms with Crippen LogP contribution in [0.15, 0.2) is 12.7 Å². The third kappa shape index (κ3) is 3.09. The fourth-order valence-corrected chi connectivity index (χ4v) is 2.53. The van der Waals surface area contributed by atoms with Crippen LogP contribution in [0, 0.1) is 0 Å². The first-order valence-electron chi connectivity index (χ1n) is 4.42. The van der Waals surface area contributed by atoms with E-state index in [9.17, 15) is 0 Å². The fraction of sp³-hybridized carbons (Fsp3) is 0.778. The van der Waals surface area contributed by atoms with Crippen LogP contribution in [0.1, 0.15) is 12.8 Å². The molecule has 0 saturated heterocycles. The monoisotopic (exact) mass is 186 g/mol. The molecule has 0 aromatic rings. The smallest absolute Gasteiger partial charge is 0.187 e. The van der Waals surface area contributed by atoms with Crippen molar-refractivity contribution >= 4 is 8.32 Å². The van der Waals surface area contributed by atoms with Crippen molar-refractivity contribution in [3.8, 4) is 0 Å². The lowest BCUT2D eigenvalue weighted by molar-refractivity contribution is -0.100. The van der Waals surface area contributed by atoms with Gasteiger partial charge in [-0.05, 0) is 19.6 Å². The van der Waals surface area contributed by atoms with Gasteiger partial charge in [-0.2, -0.15) is 0 Å². The summed E-state index contributed by atoms with van der Waals surface area (Å²) in [5.41, 5.74) is 0. The van der Waals surface area contributed by atoms with Gasteiger partial charge in [-0.25, -0.2) is 0 Å². The fourth-order valence-electron chi connectivity index (χ4n) is 1.15. The van der Waals surface area contributed by atoms with E-state index in [-0.39, 0.29) is 5.79 Å². The summed E-state index contributed by atoms with van der Waals surface area (Å²) in [5, 5.41) is 0. The lowest BCUT2D eigenvalue weighted by Gasteiger charge is -2.25. The van der Waals surface area contributed by atoms with Crippen LogP contribution >= 0.6 is 0 Å². The molecule has 70 valence electrons. The molecule has 0 radical (unpaired) electrons. The Morgan fingerprint density at radius 2 is 2.00 bits per heavy atom. The van der Waals surface area contributed by atoms with Crippen molar-refractivity contribution in [2.45, 2.75) is 38.3 Å². The maximum atomic E-state index is 5.91. The third-order valence-corrected chi connectivity index (χ3v) is 2.60. The van der Waals surface area contributed by atoms with Crippen molar-refractivity contribution in [2.24, 2.45) is 0 Å². The molecule has 1 rings (SSSR count). The molecule has 0 unspecified atom stereocenters. The second kappa shape index (κ2) is 3.32. The molecule has 1 aliphatic carbocycles. The molecule has 0 aliphatic heterocycles. The maximum Gasteiger partial charge on any atom is 0.187 e. The van der Waals surface area contributed by atoms with Crippen molar-refractivity contribution in [2.75, 3.05) is 6.61 Å². The molecule has 0 amide bonds. The van der Waals surface area contributed by atoms with Gasteiger partial charge in [-0.1, -0.05) is 6.08 Å². The average Bonchev–Trinajstić information content (AvgIpc) is 2.62. The van der Waals surface area contributed by atoms with E-state index < -0.39 is 8.32 Å². The standard InChI is InChI=1S/C9H18O2Si/c1-5-8-10-9(6-7-9)11-12(2,3)4/h5H,1,6-8H2,2-4H3. The van der Waals surface area contributed by atoms with Crippen molar-refractivity contribution in [1.82, 2.24) is 0 Å². The molecule has 1 aliphatic rings. The van der Waals surface area contributed by atoms with Gasteiger partial charge in [0.05, 0.1) is 6.61 Å². The molecule has 1 saturated carbocycles. The van der Waals surface area contributed by atoms with Crippen LogP contribution in [0.5, 0.6) is 0 Å². The normalized spacial score (nSPS) is 20.6. The summed E-state index contributed by atoms with van der Waals surface area (Å²) in [6, 6.07) is 0. The van der Waals surface area contributed by atoms with E-state index in [2.05, 4.69) is 26.2 Å². The molecule has 0 aromatic carbocycles. The minimum absolute atomic E-state index is 0.224. The summed E-state index contributed by atoms with van der Waals surface area (Å²) in [6.45, 7) is 10.8. The minimum Gasteiger partial charge on any atom is -0.391 e. The van der Waals surface area contributed by atoms with Gasteiger partial charge < -0.3 is 9.16 Å². The van der Waals surface area contributed by atoms with E-state index >= 15 is 0 Å². The van der Waals surface area contributed by atoms with Gasteiger partial charge in [0.2, 0.25) is 0 Å². The Bertz CT molecular complexity index is 168. The molecule has 3 heteroatoms. The van der Waals surface area contributed by atoms with Crippen LogP contribution in [0.3, 0.4) is 0 Å². The SMILES string of the molecule is C=CCOC1(O[Si](C)(C)C)CC1. The highest BCUT2D eigenvalue weighted by molar-refractivity contribution is 6.69. The predicted molar refractivity (Wildman–Crippen MR) is 52.5 cm³/mol. The van der Waals surface area contributed by atoms with Crippen molar-refractivity contribution in [3.63, 3.8) is 0 Å². The molecule has 0 heterocycles. The minimum atomic E-state index is -1.44. The lowest BCUT2D eigenvalue weighted by atomic mass is 10.6. The molecule has 0 aromatic heterocycles. The van der Waals surface area contributed by atoms with Gasteiger partial charge in [-0.3, -0.25) is 0 Å². The number of ether oxygens (including phenoxy) is 1. The summed E-state index contributed by atoms with van der Waals surface area (Å²) in [6.07, 6.45) is 3.86. The zero-order chi connectivity index (χ0) is 9.24. The highest BCUT2D eigenvalue weighted by atomic mass is 28.4.